The second kappa shape index (κ2) is 31.3. The van der Waals surface area contributed by atoms with Gasteiger partial charge in [0.2, 0.25) is 0 Å². The number of carbonyl (C=O) groups excluding carboxylic acids is 2. The van der Waals surface area contributed by atoms with E-state index in [1.165, 1.54) is 89.9 Å². The van der Waals surface area contributed by atoms with Crippen molar-refractivity contribution in [3.63, 3.8) is 0 Å². The van der Waals surface area contributed by atoms with Crippen molar-refractivity contribution in [2.75, 3.05) is 13.3 Å². The minimum absolute atomic E-state index is 0.0297. The van der Waals surface area contributed by atoms with E-state index < -0.39 is 0 Å². The van der Waals surface area contributed by atoms with Crippen molar-refractivity contribution >= 4 is 46.6 Å². The first-order chi connectivity index (χ1) is 21.9. The maximum atomic E-state index is 11.4. The average molecular weight is 662 g/mol. The summed E-state index contributed by atoms with van der Waals surface area (Å²) < 4.78 is 0. The van der Waals surface area contributed by atoms with Crippen LogP contribution in [0, 0.1) is 0 Å². The molecule has 0 amide bonds. The molecule has 45 heavy (non-hydrogen) atoms. The smallest absolute Gasteiger partial charge is 0.169 e. The number of nitrogens with one attached hydrogen (secondary N) is 1. The predicted molar refractivity (Wildman–Crippen MR) is 193 cm³/mol. The molecule has 2 aromatic carbocycles. The van der Waals surface area contributed by atoms with Crippen LogP contribution in [0.2, 0.25) is 0 Å². The van der Waals surface area contributed by atoms with Gasteiger partial charge in [-0.1, -0.05) is 175 Å². The number of halogens is 1. The van der Waals surface area contributed by atoms with Crippen molar-refractivity contribution in [1.82, 2.24) is 5.32 Å². The van der Waals surface area contributed by atoms with Crippen LogP contribution in [0.3, 0.4) is 0 Å². The summed E-state index contributed by atoms with van der Waals surface area (Å²) in [4.78, 5) is 22.1. The van der Waals surface area contributed by atoms with Crippen LogP contribution in [-0.4, -0.2) is 51.7 Å². The zero-order valence-electron chi connectivity index (χ0n) is 27.2. The van der Waals surface area contributed by atoms with Crippen molar-refractivity contribution in [2.24, 2.45) is 10.9 Å². The van der Waals surface area contributed by atoms with Gasteiger partial charge in [-0.25, -0.2) is 0 Å². The molecule has 0 radical (unpaired) electrons. The van der Waals surface area contributed by atoms with Crippen molar-refractivity contribution in [2.45, 2.75) is 115 Å². The number of aliphatic hydroxyl groups excluding tert-OH is 1. The molecule has 9 heteroatoms. The number of aldehydes is 1. The molecule has 0 spiro atoms. The minimum Gasteiger partial charge on any atom is -0.411 e. The zero-order valence-corrected chi connectivity index (χ0v) is 28.8. The molecular formula is C36H56ClN3O4S. The molecule has 0 saturated heterocycles. The van der Waals surface area contributed by atoms with Crippen molar-refractivity contribution in [1.29, 1.82) is 0 Å². The highest BCUT2D eigenvalue weighted by Crippen LogP contribution is 2.14. The van der Waals surface area contributed by atoms with E-state index in [1.807, 2.05) is 30.3 Å². The first-order valence-electron chi connectivity index (χ1n) is 16.4. The van der Waals surface area contributed by atoms with Crippen LogP contribution in [0.15, 0.2) is 65.8 Å². The third-order valence-electron chi connectivity index (χ3n) is 7.11. The summed E-state index contributed by atoms with van der Waals surface area (Å²) in [7, 11) is 0. The summed E-state index contributed by atoms with van der Waals surface area (Å²) in [5, 5.41) is 22.7. The minimum atomic E-state index is -0.245. The quantitative estimate of drug-likeness (QED) is 0.0108. The molecule has 2 aromatic rings. The number of Topliss-reactive ketones (excluding diaryl/α,β-unsaturated/α-hetero) is 1. The molecule has 252 valence electrons. The third-order valence-corrected chi connectivity index (χ3v) is 7.72. The van der Waals surface area contributed by atoms with Gasteiger partial charge in [0.1, 0.15) is 10.7 Å². The first-order valence-corrected chi connectivity index (χ1v) is 17.3. The summed E-state index contributed by atoms with van der Waals surface area (Å²) >= 11 is 10.9. The number of benzene rings is 2. The fourth-order valence-corrected chi connectivity index (χ4v) is 4.88. The number of oxime groups is 1. The van der Waals surface area contributed by atoms with Gasteiger partial charge in [0.15, 0.2) is 12.1 Å². The normalized spacial score (nSPS) is 11.4. The van der Waals surface area contributed by atoms with Crippen LogP contribution < -0.4 is 11.1 Å². The van der Waals surface area contributed by atoms with Gasteiger partial charge in [0, 0.05) is 23.0 Å². The van der Waals surface area contributed by atoms with Crippen LogP contribution in [0.25, 0.3) is 0 Å². The second-order valence-electron chi connectivity index (χ2n) is 11.0. The van der Waals surface area contributed by atoms with Crippen molar-refractivity contribution in [3.05, 3.63) is 71.8 Å². The Morgan fingerprint density at radius 3 is 1.67 bits per heavy atom. The highest BCUT2D eigenvalue weighted by Gasteiger charge is 2.09. The topological polar surface area (TPSA) is 125 Å². The number of unbranched alkanes of at least 4 members (excludes halogenated alkanes) is 13. The molecule has 0 aliphatic heterocycles. The Labute approximate surface area is 282 Å². The number of nitrogens with two attached hydrogens (primary N) is 1. The number of alkyl halides is 1. The Morgan fingerprint density at radius 1 is 0.844 bits per heavy atom. The Bertz CT molecular complexity index is 1030. The predicted octanol–water partition coefficient (Wildman–Crippen LogP) is 8.61. The highest BCUT2D eigenvalue weighted by atomic mass is 35.5. The van der Waals surface area contributed by atoms with Gasteiger partial charge in [-0.3, -0.25) is 14.9 Å². The number of rotatable bonds is 23. The van der Waals surface area contributed by atoms with Gasteiger partial charge < -0.3 is 16.0 Å². The number of hydrogen-bond donors (Lipinski definition) is 4. The van der Waals surface area contributed by atoms with Gasteiger partial charge in [-0.05, 0) is 6.42 Å². The number of aliphatic hydroxyl groups is 1. The number of thiocarbonyl (C=S) groups is 1. The summed E-state index contributed by atoms with van der Waals surface area (Å²) in [6, 6.07) is 18.1. The lowest BCUT2D eigenvalue weighted by molar-refractivity contribution is -0.102. The van der Waals surface area contributed by atoms with Crippen LogP contribution in [0.5, 0.6) is 0 Å². The molecule has 1 atom stereocenters. The first kappa shape index (κ1) is 42.3. The van der Waals surface area contributed by atoms with Gasteiger partial charge in [0.25, 0.3) is 0 Å². The SMILES string of the molecule is CCCCCCCCCCCCCCCCC(Cl)CNCO.NC(=S)c1ccccc1.O=CC(CC(=O)c1ccccc1)=NO. The van der Waals surface area contributed by atoms with Crippen LogP contribution in [-0.2, 0) is 4.79 Å². The number of carbonyl (C=O) groups is 2. The molecule has 0 aromatic heterocycles. The molecule has 0 aliphatic rings. The summed E-state index contributed by atoms with van der Waals surface area (Å²) in [5.41, 5.74) is 6.60. The van der Waals surface area contributed by atoms with Crippen molar-refractivity contribution in [3.8, 4) is 0 Å². The maximum Gasteiger partial charge on any atom is 0.169 e. The molecule has 5 N–H and O–H groups in total. The van der Waals surface area contributed by atoms with Crippen molar-refractivity contribution < 1.29 is 19.9 Å². The standard InChI is InChI=1S/C19H40ClNO.C10H9NO3.C7H7NS/c1-2-3-4-5-6-7-8-9-10-11-12-13-14-15-16-19(20)17-21-18-22;12-7-9(11-14)6-10(13)8-4-2-1-3-5-8;8-7(9)6-4-2-1-3-5-6/h19,21-22H,2-18H2,1H3;1-5,7,14H,6H2;1-5H,(H2,8,9). The lowest BCUT2D eigenvalue weighted by atomic mass is 10.0. The molecule has 0 aliphatic carbocycles. The molecule has 7 nitrogen and oxygen atoms in total. The van der Waals surface area contributed by atoms with E-state index in [0.29, 0.717) is 16.8 Å². The van der Waals surface area contributed by atoms with E-state index in [9.17, 15) is 9.59 Å². The Morgan fingerprint density at radius 2 is 1.29 bits per heavy atom. The monoisotopic (exact) mass is 661 g/mol. The fraction of sp³-hybridized carbons (Fsp3) is 0.556. The van der Waals surface area contributed by atoms with Gasteiger partial charge in [-0.15, -0.1) is 11.6 Å². The van der Waals surface area contributed by atoms with Crippen LogP contribution >= 0.6 is 23.8 Å². The Balaban J connectivity index is 0.000000710. The summed E-state index contributed by atoms with van der Waals surface area (Å²) in [6.45, 7) is 3.03. The largest absolute Gasteiger partial charge is 0.411 e. The van der Waals surface area contributed by atoms with E-state index in [2.05, 4.69) is 17.4 Å². The molecule has 0 bridgehead atoms. The van der Waals surface area contributed by atoms with Gasteiger partial charge in [0.05, 0.1) is 13.2 Å². The second-order valence-corrected chi connectivity index (χ2v) is 12.1. The molecule has 0 saturated carbocycles. The van der Waals surface area contributed by atoms with E-state index in [1.54, 1.807) is 30.3 Å². The lowest BCUT2D eigenvalue weighted by Crippen LogP contribution is -2.23. The van der Waals surface area contributed by atoms with E-state index in [-0.39, 0.29) is 30.0 Å². The summed E-state index contributed by atoms with van der Waals surface area (Å²) in [5.74, 6) is -0.245. The van der Waals surface area contributed by atoms with Gasteiger partial charge >= 0.3 is 0 Å². The molecular weight excluding hydrogens is 606 g/mol. The molecule has 2 rings (SSSR count). The average Bonchev–Trinajstić information content (AvgIpc) is 3.07. The third kappa shape index (κ3) is 26.3. The number of hydrogen-bond acceptors (Lipinski definition) is 7. The Kier molecular flexibility index (Phi) is 29.5. The fourth-order valence-electron chi connectivity index (χ4n) is 4.48. The van der Waals surface area contributed by atoms with E-state index in [4.69, 9.17) is 39.9 Å². The molecule has 1 unspecified atom stereocenters. The lowest BCUT2D eigenvalue weighted by Gasteiger charge is -2.09. The van der Waals surface area contributed by atoms with Crippen LogP contribution in [0.4, 0.5) is 0 Å². The van der Waals surface area contributed by atoms with E-state index in [0.717, 1.165) is 18.5 Å². The zero-order chi connectivity index (χ0) is 33.4. The molecule has 0 heterocycles. The van der Waals surface area contributed by atoms with Gasteiger partial charge in [-0.2, -0.15) is 0 Å². The summed E-state index contributed by atoms with van der Waals surface area (Å²) in [6.07, 6.45) is 20.8. The number of nitrogens with zero attached hydrogens (tertiary/aromatic N) is 1. The maximum absolute atomic E-state index is 11.4. The van der Waals surface area contributed by atoms with Crippen LogP contribution in [0.1, 0.15) is 126 Å². The Hall–Kier alpha value is -2.65. The highest BCUT2D eigenvalue weighted by molar-refractivity contribution is 7.80. The van der Waals surface area contributed by atoms with E-state index >= 15 is 0 Å². The molecule has 0 fully saturated rings. The number of ketones is 1.